The zero-order chi connectivity index (χ0) is 13.2. The molecule has 0 spiro atoms. The van der Waals surface area contributed by atoms with Crippen LogP contribution < -0.4 is 9.64 Å². The van der Waals surface area contributed by atoms with Crippen molar-refractivity contribution in [3.63, 3.8) is 0 Å². The second-order valence-electron chi connectivity index (χ2n) is 4.74. The van der Waals surface area contributed by atoms with Gasteiger partial charge in [-0.05, 0) is 15.9 Å². The number of fused-ring (bicyclic) bond motifs is 1. The summed E-state index contributed by atoms with van der Waals surface area (Å²) in [7, 11) is 1.61. The normalized spacial score (nSPS) is 24.1. The fourth-order valence-electron chi connectivity index (χ4n) is 2.57. The fourth-order valence-corrected chi connectivity index (χ4v) is 2.92. The van der Waals surface area contributed by atoms with Crippen LogP contribution >= 0.6 is 15.9 Å². The maximum atomic E-state index is 5.55. The monoisotopic (exact) mass is 328 g/mol. The Morgan fingerprint density at radius 3 is 3.16 bits per heavy atom. The predicted molar refractivity (Wildman–Crippen MR) is 74.7 cm³/mol. The van der Waals surface area contributed by atoms with Gasteiger partial charge in [0.25, 0.3) is 0 Å². The number of rotatable bonds is 2. The van der Waals surface area contributed by atoms with Gasteiger partial charge in [0.05, 0.1) is 37.0 Å². The highest BCUT2D eigenvalue weighted by Gasteiger charge is 2.30. The molecule has 0 radical (unpaired) electrons. The average Bonchev–Trinajstić information content (AvgIpc) is 2.47. The van der Waals surface area contributed by atoms with Crippen molar-refractivity contribution in [1.82, 2.24) is 14.9 Å². The first-order valence-electron chi connectivity index (χ1n) is 6.41. The Morgan fingerprint density at radius 2 is 2.32 bits per heavy atom. The van der Waals surface area contributed by atoms with Gasteiger partial charge in [0.15, 0.2) is 0 Å². The number of ether oxygens (including phenoxy) is 2. The Bertz CT molecular complexity index is 459. The van der Waals surface area contributed by atoms with Crippen LogP contribution in [0.2, 0.25) is 0 Å². The number of methoxy groups -OCH3 is 1. The van der Waals surface area contributed by atoms with E-state index in [4.69, 9.17) is 9.47 Å². The topological polar surface area (TPSA) is 50.7 Å². The van der Waals surface area contributed by atoms with Gasteiger partial charge in [-0.25, -0.2) is 4.98 Å². The van der Waals surface area contributed by atoms with E-state index < -0.39 is 0 Å². The Hall–Kier alpha value is -0.920. The molecule has 1 aromatic rings. The van der Waals surface area contributed by atoms with Crippen molar-refractivity contribution >= 4 is 21.9 Å². The van der Waals surface area contributed by atoms with Crippen molar-refractivity contribution in [3.8, 4) is 5.88 Å². The highest BCUT2D eigenvalue weighted by Crippen LogP contribution is 2.25. The van der Waals surface area contributed by atoms with Crippen LogP contribution in [0.1, 0.15) is 0 Å². The van der Waals surface area contributed by atoms with Gasteiger partial charge >= 0.3 is 0 Å². The lowest BCUT2D eigenvalue weighted by atomic mass is 10.1. The predicted octanol–water partition coefficient (Wildman–Crippen LogP) is 0.769. The van der Waals surface area contributed by atoms with Crippen molar-refractivity contribution in [2.24, 2.45) is 0 Å². The number of piperazine rings is 1. The van der Waals surface area contributed by atoms with Crippen LogP contribution in [0.5, 0.6) is 5.88 Å². The summed E-state index contributed by atoms with van der Waals surface area (Å²) >= 11 is 3.37. The smallest absolute Gasteiger partial charge is 0.232 e. The van der Waals surface area contributed by atoms with Gasteiger partial charge in [0, 0.05) is 26.2 Å². The van der Waals surface area contributed by atoms with Gasteiger partial charge < -0.3 is 14.4 Å². The zero-order valence-corrected chi connectivity index (χ0v) is 12.5. The van der Waals surface area contributed by atoms with Gasteiger partial charge in [-0.1, -0.05) is 0 Å². The standard InChI is InChI=1S/C12H17BrN4O2/c1-18-11-10(13)6-14-12(15-11)17-3-2-16-4-5-19-8-9(16)7-17/h6,9H,2-5,7-8H2,1H3. The zero-order valence-electron chi connectivity index (χ0n) is 10.9. The molecule has 104 valence electrons. The number of halogens is 1. The largest absolute Gasteiger partial charge is 0.480 e. The van der Waals surface area contributed by atoms with Crippen LogP contribution in [0.25, 0.3) is 0 Å². The van der Waals surface area contributed by atoms with Crippen LogP contribution in [0, 0.1) is 0 Å². The summed E-state index contributed by atoms with van der Waals surface area (Å²) in [6, 6.07) is 0.445. The molecule has 0 amide bonds. The lowest BCUT2D eigenvalue weighted by molar-refractivity contribution is -0.0119. The molecule has 2 saturated heterocycles. The van der Waals surface area contributed by atoms with Crippen LogP contribution in [-0.2, 0) is 4.74 Å². The number of aromatic nitrogens is 2. The third-order valence-corrected chi connectivity index (χ3v) is 4.16. The molecular weight excluding hydrogens is 312 g/mol. The van der Waals surface area contributed by atoms with Gasteiger partial charge in [-0.3, -0.25) is 4.90 Å². The van der Waals surface area contributed by atoms with Crippen molar-refractivity contribution in [2.45, 2.75) is 6.04 Å². The molecule has 19 heavy (non-hydrogen) atoms. The van der Waals surface area contributed by atoms with E-state index in [1.54, 1.807) is 13.3 Å². The minimum Gasteiger partial charge on any atom is -0.480 e. The first-order chi connectivity index (χ1) is 9.28. The van der Waals surface area contributed by atoms with Crippen molar-refractivity contribution in [2.75, 3.05) is 51.4 Å². The van der Waals surface area contributed by atoms with E-state index in [9.17, 15) is 0 Å². The molecule has 6 nitrogen and oxygen atoms in total. The fraction of sp³-hybridized carbons (Fsp3) is 0.667. The summed E-state index contributed by atoms with van der Waals surface area (Å²) < 4.78 is 11.5. The van der Waals surface area contributed by atoms with E-state index >= 15 is 0 Å². The quantitative estimate of drug-likeness (QED) is 0.799. The second-order valence-corrected chi connectivity index (χ2v) is 5.59. The molecule has 2 aliphatic rings. The molecule has 3 rings (SSSR count). The first kappa shape index (κ1) is 13.1. The van der Waals surface area contributed by atoms with E-state index in [-0.39, 0.29) is 0 Å². The van der Waals surface area contributed by atoms with E-state index in [2.05, 4.69) is 35.7 Å². The van der Waals surface area contributed by atoms with Crippen LogP contribution in [0.3, 0.4) is 0 Å². The average molecular weight is 329 g/mol. The molecule has 1 aromatic heterocycles. The number of anilines is 1. The maximum absolute atomic E-state index is 5.55. The van der Waals surface area contributed by atoms with Gasteiger partial charge in [0.1, 0.15) is 0 Å². The minimum atomic E-state index is 0.445. The Morgan fingerprint density at radius 1 is 1.42 bits per heavy atom. The summed E-state index contributed by atoms with van der Waals surface area (Å²) in [6.45, 7) is 5.56. The molecule has 1 atom stereocenters. The Balaban J connectivity index is 1.75. The molecule has 1 unspecified atom stereocenters. The molecule has 0 aromatic carbocycles. The number of morpholine rings is 1. The van der Waals surface area contributed by atoms with Crippen molar-refractivity contribution in [1.29, 1.82) is 0 Å². The lowest BCUT2D eigenvalue weighted by Crippen LogP contribution is -2.58. The SMILES string of the molecule is COc1nc(N2CCN3CCOCC3C2)ncc1Br. The highest BCUT2D eigenvalue weighted by atomic mass is 79.9. The molecule has 2 fully saturated rings. The third kappa shape index (κ3) is 2.68. The summed E-state index contributed by atoms with van der Waals surface area (Å²) in [4.78, 5) is 13.5. The summed E-state index contributed by atoms with van der Waals surface area (Å²) in [6.07, 6.45) is 1.74. The molecular formula is C12H17BrN4O2. The van der Waals surface area contributed by atoms with E-state index in [1.807, 2.05) is 0 Å². The molecule has 0 bridgehead atoms. The minimum absolute atomic E-state index is 0.445. The molecule has 3 heterocycles. The number of hydrogen-bond donors (Lipinski definition) is 0. The summed E-state index contributed by atoms with van der Waals surface area (Å²) in [5.74, 6) is 1.30. The van der Waals surface area contributed by atoms with Gasteiger partial charge in [-0.2, -0.15) is 4.98 Å². The highest BCUT2D eigenvalue weighted by molar-refractivity contribution is 9.10. The van der Waals surface area contributed by atoms with Crippen molar-refractivity contribution < 1.29 is 9.47 Å². The third-order valence-electron chi connectivity index (χ3n) is 3.61. The van der Waals surface area contributed by atoms with Crippen LogP contribution in [0.15, 0.2) is 10.7 Å². The first-order valence-corrected chi connectivity index (χ1v) is 7.20. The second kappa shape index (κ2) is 5.60. The lowest BCUT2D eigenvalue weighted by Gasteiger charge is -2.43. The molecule has 2 aliphatic heterocycles. The molecule has 0 saturated carbocycles. The molecule has 7 heteroatoms. The summed E-state index contributed by atoms with van der Waals surface area (Å²) in [5.41, 5.74) is 0. The Labute approximate surface area is 120 Å². The number of nitrogens with zero attached hydrogens (tertiary/aromatic N) is 4. The van der Waals surface area contributed by atoms with E-state index in [1.165, 1.54) is 0 Å². The van der Waals surface area contributed by atoms with Crippen molar-refractivity contribution in [3.05, 3.63) is 10.7 Å². The summed E-state index contributed by atoms with van der Waals surface area (Å²) in [5, 5.41) is 0. The van der Waals surface area contributed by atoms with Gasteiger partial charge in [-0.15, -0.1) is 0 Å². The van der Waals surface area contributed by atoms with Crippen LogP contribution in [-0.4, -0.2) is 67.4 Å². The Kier molecular flexibility index (Phi) is 3.86. The maximum Gasteiger partial charge on any atom is 0.232 e. The van der Waals surface area contributed by atoms with E-state index in [0.29, 0.717) is 11.9 Å². The van der Waals surface area contributed by atoms with Crippen LogP contribution in [0.4, 0.5) is 5.95 Å². The number of hydrogen-bond acceptors (Lipinski definition) is 6. The molecule has 0 aliphatic carbocycles. The van der Waals surface area contributed by atoms with E-state index in [0.717, 1.165) is 49.8 Å². The molecule has 0 N–H and O–H groups in total. The van der Waals surface area contributed by atoms with Gasteiger partial charge in [0.2, 0.25) is 11.8 Å².